The molecule has 1 atom stereocenters. The van der Waals surface area contributed by atoms with E-state index in [-0.39, 0.29) is 25.3 Å². The van der Waals surface area contributed by atoms with Gasteiger partial charge in [-0.05, 0) is 18.6 Å². The van der Waals surface area contributed by atoms with Crippen LogP contribution in [0, 0.1) is 0 Å². The molecule has 1 aromatic rings. The first-order valence-electron chi connectivity index (χ1n) is 6.21. The maximum absolute atomic E-state index is 11.3. The largest absolute Gasteiger partial charge is 0.487 e. The average Bonchev–Trinajstić information content (AvgIpc) is 2.43. The first-order valence-corrected chi connectivity index (χ1v) is 6.59. The lowest BCUT2D eigenvalue weighted by Crippen LogP contribution is -2.42. The summed E-state index contributed by atoms with van der Waals surface area (Å²) in [7, 11) is 0. The Morgan fingerprint density at radius 3 is 2.79 bits per heavy atom. The van der Waals surface area contributed by atoms with E-state index < -0.39 is 0 Å². The molecule has 0 fully saturated rings. The van der Waals surface area contributed by atoms with E-state index in [2.05, 4.69) is 10.6 Å². The third-order valence-corrected chi connectivity index (χ3v) is 2.79. The minimum Gasteiger partial charge on any atom is -0.487 e. The summed E-state index contributed by atoms with van der Waals surface area (Å²) in [5.41, 5.74) is 0. The number of nitrogens with one attached hydrogen (secondary N) is 2. The molecule has 6 heteroatoms. The normalized spacial score (nSPS) is 11.7. The van der Waals surface area contributed by atoms with Gasteiger partial charge in [0, 0.05) is 6.54 Å². The van der Waals surface area contributed by atoms with Gasteiger partial charge in [0.15, 0.2) is 0 Å². The summed E-state index contributed by atoms with van der Waals surface area (Å²) >= 11 is 6.00. The van der Waals surface area contributed by atoms with Gasteiger partial charge in [0.05, 0.1) is 18.2 Å². The van der Waals surface area contributed by atoms with E-state index in [1.807, 2.05) is 19.1 Å². The average molecular weight is 287 g/mol. The fraction of sp³-hybridized carbons (Fsp3) is 0.462. The monoisotopic (exact) mass is 286 g/mol. The van der Waals surface area contributed by atoms with Crippen molar-refractivity contribution in [2.75, 3.05) is 19.7 Å². The quantitative estimate of drug-likeness (QED) is 0.716. The van der Waals surface area contributed by atoms with Crippen molar-refractivity contribution < 1.29 is 14.6 Å². The lowest BCUT2D eigenvalue weighted by Gasteiger charge is -2.19. The van der Waals surface area contributed by atoms with Gasteiger partial charge < -0.3 is 20.5 Å². The molecule has 1 rings (SSSR count). The molecule has 0 bridgehead atoms. The summed E-state index contributed by atoms with van der Waals surface area (Å²) in [6.45, 7) is 2.49. The second-order valence-corrected chi connectivity index (χ2v) is 4.35. The predicted molar refractivity (Wildman–Crippen MR) is 74.6 cm³/mol. The summed E-state index contributed by atoms with van der Waals surface area (Å²) in [6, 6.07) is 6.89. The lowest BCUT2D eigenvalue weighted by molar-refractivity contribution is 0.189. The number of para-hydroxylation sites is 1. The molecule has 2 amide bonds. The molecular weight excluding hydrogens is 268 g/mol. The van der Waals surface area contributed by atoms with Crippen LogP contribution >= 0.6 is 11.6 Å². The third-order valence-electron chi connectivity index (χ3n) is 2.47. The zero-order valence-corrected chi connectivity index (χ0v) is 11.6. The highest BCUT2D eigenvalue weighted by Gasteiger charge is 2.11. The zero-order chi connectivity index (χ0) is 14.1. The van der Waals surface area contributed by atoms with Crippen LogP contribution in [0.2, 0.25) is 5.02 Å². The van der Waals surface area contributed by atoms with Crippen molar-refractivity contribution in [2.45, 2.75) is 19.4 Å². The number of hydrogen-bond donors (Lipinski definition) is 3. The van der Waals surface area contributed by atoms with Gasteiger partial charge in [0.25, 0.3) is 0 Å². The van der Waals surface area contributed by atoms with Crippen LogP contribution in [-0.4, -0.2) is 36.9 Å². The molecule has 1 unspecified atom stereocenters. The summed E-state index contributed by atoms with van der Waals surface area (Å²) in [6.07, 6.45) is 0.589. The first-order chi connectivity index (χ1) is 9.17. The van der Waals surface area contributed by atoms with Crippen molar-refractivity contribution in [3.8, 4) is 5.75 Å². The number of ether oxygens (including phenoxy) is 1. The Morgan fingerprint density at radius 1 is 1.42 bits per heavy atom. The van der Waals surface area contributed by atoms with Crippen LogP contribution in [0.1, 0.15) is 13.3 Å². The SMILES string of the molecule is CCC(CNC(=O)NCCO)Oc1ccccc1Cl. The molecule has 0 aromatic heterocycles. The van der Waals surface area contributed by atoms with E-state index in [1.165, 1.54) is 0 Å². The van der Waals surface area contributed by atoms with Crippen molar-refractivity contribution in [1.29, 1.82) is 0 Å². The van der Waals surface area contributed by atoms with Gasteiger partial charge in [-0.1, -0.05) is 30.7 Å². The summed E-state index contributed by atoms with van der Waals surface area (Å²) in [5.74, 6) is 0.605. The number of hydrogen-bond acceptors (Lipinski definition) is 3. The zero-order valence-electron chi connectivity index (χ0n) is 10.9. The number of rotatable bonds is 7. The predicted octanol–water partition coefficient (Wildman–Crippen LogP) is 1.79. The lowest BCUT2D eigenvalue weighted by atomic mass is 10.2. The van der Waals surface area contributed by atoms with Crippen LogP contribution in [0.25, 0.3) is 0 Å². The fourth-order valence-electron chi connectivity index (χ4n) is 1.43. The van der Waals surface area contributed by atoms with Gasteiger partial charge in [-0.25, -0.2) is 4.79 Å². The Kier molecular flexibility index (Phi) is 7.07. The standard InChI is InChI=1S/C13H19ClN2O3/c1-2-10(9-16-13(18)15-7-8-17)19-12-6-4-3-5-11(12)14/h3-6,10,17H,2,7-9H2,1H3,(H2,15,16,18). The van der Waals surface area contributed by atoms with E-state index in [1.54, 1.807) is 12.1 Å². The molecule has 0 aliphatic heterocycles. The van der Waals surface area contributed by atoms with E-state index in [0.29, 0.717) is 17.3 Å². The van der Waals surface area contributed by atoms with Gasteiger partial charge >= 0.3 is 6.03 Å². The van der Waals surface area contributed by atoms with E-state index in [4.69, 9.17) is 21.4 Å². The van der Waals surface area contributed by atoms with Crippen LogP contribution < -0.4 is 15.4 Å². The summed E-state index contributed by atoms with van der Waals surface area (Å²) < 4.78 is 5.73. The fourth-order valence-corrected chi connectivity index (χ4v) is 1.61. The Morgan fingerprint density at radius 2 is 2.16 bits per heavy atom. The molecule has 0 spiro atoms. The van der Waals surface area contributed by atoms with Crippen LogP contribution in [-0.2, 0) is 0 Å². The number of halogens is 1. The number of carbonyl (C=O) groups excluding carboxylic acids is 1. The molecule has 1 aromatic carbocycles. The molecule has 106 valence electrons. The van der Waals surface area contributed by atoms with E-state index in [9.17, 15) is 4.79 Å². The van der Waals surface area contributed by atoms with Crippen molar-refractivity contribution in [3.05, 3.63) is 29.3 Å². The number of urea groups is 1. The molecule has 0 radical (unpaired) electrons. The van der Waals surface area contributed by atoms with Crippen LogP contribution in [0.5, 0.6) is 5.75 Å². The molecule has 0 heterocycles. The number of carbonyl (C=O) groups is 1. The second-order valence-electron chi connectivity index (χ2n) is 3.94. The van der Waals surface area contributed by atoms with Gasteiger partial charge in [-0.15, -0.1) is 0 Å². The Balaban J connectivity index is 2.42. The molecule has 0 saturated carbocycles. The molecular formula is C13H19ClN2O3. The van der Waals surface area contributed by atoms with Crippen molar-refractivity contribution >= 4 is 17.6 Å². The molecule has 19 heavy (non-hydrogen) atoms. The van der Waals surface area contributed by atoms with Crippen molar-refractivity contribution in [1.82, 2.24) is 10.6 Å². The van der Waals surface area contributed by atoms with Crippen molar-refractivity contribution in [2.24, 2.45) is 0 Å². The van der Waals surface area contributed by atoms with Gasteiger partial charge in [-0.2, -0.15) is 0 Å². The highest BCUT2D eigenvalue weighted by Crippen LogP contribution is 2.24. The number of aliphatic hydroxyl groups is 1. The first kappa shape index (κ1) is 15.6. The molecule has 0 aliphatic rings. The second kappa shape index (κ2) is 8.61. The van der Waals surface area contributed by atoms with Gasteiger partial charge in [0.1, 0.15) is 11.9 Å². The minimum absolute atomic E-state index is 0.0826. The molecule has 0 saturated heterocycles. The van der Waals surface area contributed by atoms with Gasteiger partial charge in [-0.3, -0.25) is 0 Å². The van der Waals surface area contributed by atoms with E-state index in [0.717, 1.165) is 6.42 Å². The number of benzene rings is 1. The summed E-state index contributed by atoms with van der Waals surface area (Å²) in [4.78, 5) is 11.3. The van der Waals surface area contributed by atoms with Gasteiger partial charge in [0.2, 0.25) is 0 Å². The third kappa shape index (κ3) is 5.81. The van der Waals surface area contributed by atoms with Crippen LogP contribution in [0.3, 0.4) is 0 Å². The van der Waals surface area contributed by atoms with Crippen LogP contribution in [0.4, 0.5) is 4.79 Å². The highest BCUT2D eigenvalue weighted by molar-refractivity contribution is 6.32. The smallest absolute Gasteiger partial charge is 0.315 e. The maximum atomic E-state index is 11.3. The molecule has 0 aliphatic carbocycles. The van der Waals surface area contributed by atoms with Crippen molar-refractivity contribution in [3.63, 3.8) is 0 Å². The topological polar surface area (TPSA) is 70.6 Å². The Hall–Kier alpha value is -1.46. The molecule has 5 nitrogen and oxygen atoms in total. The highest BCUT2D eigenvalue weighted by atomic mass is 35.5. The van der Waals surface area contributed by atoms with Crippen LogP contribution in [0.15, 0.2) is 24.3 Å². The Labute approximate surface area is 117 Å². The summed E-state index contributed by atoms with van der Waals surface area (Å²) in [5, 5.41) is 14.3. The maximum Gasteiger partial charge on any atom is 0.315 e. The number of amides is 2. The minimum atomic E-state index is -0.324. The van der Waals surface area contributed by atoms with E-state index >= 15 is 0 Å². The number of aliphatic hydroxyl groups excluding tert-OH is 1. The Bertz CT molecular complexity index is 401. The molecule has 3 N–H and O–H groups in total.